The van der Waals surface area contributed by atoms with Crippen molar-refractivity contribution in [1.82, 2.24) is 0 Å². The molecule has 40 heavy (non-hydrogen) atoms. The smallest absolute Gasteiger partial charge is 0.468 e. The molecule has 0 saturated carbocycles. The molecule has 0 radical (unpaired) electrons. The highest BCUT2D eigenvalue weighted by atomic mass is 28.4. The molecule has 7 nitrogen and oxygen atoms in total. The molecule has 1 aliphatic carbocycles. The van der Waals surface area contributed by atoms with Crippen LogP contribution < -0.4 is 10.4 Å². The van der Waals surface area contributed by atoms with Crippen LogP contribution in [0.2, 0.25) is 5.04 Å². The summed E-state index contributed by atoms with van der Waals surface area (Å²) in [6.07, 6.45) is 4.76. The van der Waals surface area contributed by atoms with E-state index in [1.165, 1.54) is 10.4 Å². The van der Waals surface area contributed by atoms with Gasteiger partial charge in [0.1, 0.15) is 0 Å². The number of hydrogen-bond acceptors (Lipinski definition) is 6. The van der Waals surface area contributed by atoms with Gasteiger partial charge in [-0.1, -0.05) is 88.4 Å². The Morgan fingerprint density at radius 2 is 1.70 bits per heavy atom. The predicted octanol–water partition coefficient (Wildman–Crippen LogP) is 6.71. The Balaban J connectivity index is 1.67. The number of ether oxygens (including phenoxy) is 1. The molecule has 2 aromatic carbocycles. The second-order valence-corrected chi connectivity index (χ2v) is 16.1. The molecule has 1 aliphatic rings. The number of nitrogens with zero attached hydrogens (tertiary/aromatic N) is 2. The van der Waals surface area contributed by atoms with Crippen LogP contribution in [0.3, 0.4) is 0 Å². The Morgan fingerprint density at radius 1 is 1.10 bits per heavy atom. The maximum atomic E-state index is 10.7. The van der Waals surface area contributed by atoms with Crippen molar-refractivity contribution in [1.29, 1.82) is 5.39 Å². The molecular weight excluding hydrogens is 520 g/mol. The van der Waals surface area contributed by atoms with Crippen LogP contribution in [0.4, 0.5) is 0 Å². The lowest BCUT2D eigenvalue weighted by Crippen LogP contribution is -2.67. The number of aliphatic hydroxyl groups excluding tert-OH is 2. The van der Waals surface area contributed by atoms with Gasteiger partial charge in [-0.05, 0) is 53.4 Å². The molecule has 0 bridgehead atoms. The van der Waals surface area contributed by atoms with E-state index in [2.05, 4.69) is 81.2 Å². The minimum absolute atomic E-state index is 0.149. The van der Waals surface area contributed by atoms with E-state index in [1.807, 2.05) is 12.1 Å². The molecule has 0 spiro atoms. The fraction of sp³-hybridized carbons (Fsp3) is 0.438. The molecule has 1 heterocycles. The van der Waals surface area contributed by atoms with Gasteiger partial charge in [-0.2, -0.15) is 0 Å². The van der Waals surface area contributed by atoms with Gasteiger partial charge in [-0.25, -0.2) is 0 Å². The Kier molecular flexibility index (Phi) is 8.89. The number of fused-ring (bicyclic) bond motifs is 1. The third-order valence-corrected chi connectivity index (χ3v) is 13.3. The van der Waals surface area contributed by atoms with Crippen LogP contribution in [0, 0.1) is 5.39 Å². The van der Waals surface area contributed by atoms with E-state index in [0.29, 0.717) is 6.42 Å². The van der Waals surface area contributed by atoms with E-state index >= 15 is 0 Å². The Morgan fingerprint density at radius 3 is 2.23 bits per heavy atom. The molecule has 8 heteroatoms. The van der Waals surface area contributed by atoms with Crippen LogP contribution in [0.25, 0.3) is 4.98 Å². The summed E-state index contributed by atoms with van der Waals surface area (Å²) in [6, 6.07) is 21.2. The molecule has 3 atom stereocenters. The number of benzene rings is 2. The monoisotopic (exact) mass is 561 g/mol. The molecule has 1 aromatic heterocycles. The predicted molar refractivity (Wildman–Crippen MR) is 158 cm³/mol. The summed E-state index contributed by atoms with van der Waals surface area (Å²) in [5.74, 6) is -0.561. The van der Waals surface area contributed by atoms with E-state index in [0.717, 1.165) is 24.0 Å². The molecule has 0 saturated heterocycles. The number of aliphatic hydroxyl groups is 2. The van der Waals surface area contributed by atoms with Gasteiger partial charge in [0, 0.05) is 11.1 Å². The number of rotatable bonds is 10. The van der Waals surface area contributed by atoms with Gasteiger partial charge >= 0.3 is 11.6 Å². The van der Waals surface area contributed by atoms with Gasteiger partial charge in [-0.3, -0.25) is 0 Å². The van der Waals surface area contributed by atoms with Gasteiger partial charge in [0.2, 0.25) is 5.39 Å². The summed E-state index contributed by atoms with van der Waals surface area (Å²) in [6.45, 7) is 10.9. The first kappa shape index (κ1) is 29.6. The maximum absolute atomic E-state index is 10.7. The second-order valence-electron chi connectivity index (χ2n) is 11.9. The number of hydrogen-bond donors (Lipinski definition) is 2. The fourth-order valence-electron chi connectivity index (χ4n) is 6.13. The summed E-state index contributed by atoms with van der Waals surface area (Å²) in [4.78, 5) is 3.08. The first-order chi connectivity index (χ1) is 19.1. The van der Waals surface area contributed by atoms with Crippen LogP contribution in [-0.2, 0) is 14.6 Å². The highest BCUT2D eigenvalue weighted by molar-refractivity contribution is 6.99. The zero-order valence-electron chi connectivity index (χ0n) is 24.1. The van der Waals surface area contributed by atoms with Gasteiger partial charge < -0.3 is 23.8 Å². The zero-order chi connectivity index (χ0) is 29.0. The van der Waals surface area contributed by atoms with E-state index in [-0.39, 0.29) is 35.3 Å². The molecule has 0 amide bonds. The van der Waals surface area contributed by atoms with Crippen molar-refractivity contribution in [3.8, 4) is 0 Å². The average Bonchev–Trinajstić information content (AvgIpc) is 3.45. The van der Waals surface area contributed by atoms with Crippen molar-refractivity contribution in [2.75, 3.05) is 6.61 Å². The lowest BCUT2D eigenvalue weighted by Gasteiger charge is -2.47. The molecule has 2 N–H and O–H groups in total. The topological polar surface area (TPSA) is 100 Å². The molecule has 0 aliphatic heterocycles. The highest BCUT2D eigenvalue weighted by Crippen LogP contribution is 2.49. The summed E-state index contributed by atoms with van der Waals surface area (Å²) in [7, 11) is -2.77. The minimum Gasteiger partial charge on any atom is -0.475 e. The molecule has 4 rings (SSSR count). The van der Waals surface area contributed by atoms with Crippen molar-refractivity contribution >= 4 is 18.7 Å². The summed E-state index contributed by atoms with van der Waals surface area (Å²) in [5.41, 5.74) is 1.54. The normalized spacial score (nSPS) is 20.7. The molecule has 0 fully saturated rings. The zero-order valence-corrected chi connectivity index (χ0v) is 25.1. The van der Waals surface area contributed by atoms with E-state index in [1.54, 1.807) is 19.5 Å². The maximum Gasteiger partial charge on any atom is 0.468 e. The van der Waals surface area contributed by atoms with E-state index in [9.17, 15) is 15.6 Å². The SMILES string of the molecule is CCO/C(O)=C(/[N+]#N)C(O)CC[C@]1(C)CC[C@H](O[Si](c2ccccc2)(c2ccccc2)C(C)(C)C)c2cocc21. The summed E-state index contributed by atoms with van der Waals surface area (Å²) in [5, 5.41) is 32.4. The van der Waals surface area contributed by atoms with E-state index in [4.69, 9.17) is 13.6 Å². The highest BCUT2D eigenvalue weighted by Gasteiger charge is 2.53. The second kappa shape index (κ2) is 12.0. The quantitative estimate of drug-likeness (QED) is 0.162. The van der Waals surface area contributed by atoms with Crippen molar-refractivity contribution in [3.63, 3.8) is 0 Å². The van der Waals surface area contributed by atoms with Crippen molar-refractivity contribution in [2.24, 2.45) is 0 Å². The first-order valence-corrected chi connectivity index (χ1v) is 15.9. The molecule has 212 valence electrons. The van der Waals surface area contributed by atoms with Gasteiger partial charge in [-0.15, -0.1) is 0 Å². The van der Waals surface area contributed by atoms with Crippen molar-refractivity contribution in [3.05, 3.63) is 101 Å². The Hall–Kier alpha value is -3.38. The third-order valence-electron chi connectivity index (χ3n) is 8.28. The Labute approximate surface area is 238 Å². The summed E-state index contributed by atoms with van der Waals surface area (Å²) >= 11 is 0. The number of diazo groups is 1. The van der Waals surface area contributed by atoms with Crippen LogP contribution in [-0.4, -0.2) is 31.2 Å². The fourth-order valence-corrected chi connectivity index (χ4v) is 10.8. The first-order valence-electron chi connectivity index (χ1n) is 14.0. The Bertz CT molecular complexity index is 1300. The third kappa shape index (κ3) is 5.60. The van der Waals surface area contributed by atoms with Crippen LogP contribution >= 0.6 is 0 Å². The molecule has 1 unspecified atom stereocenters. The number of furan rings is 1. The standard InChI is InChI=1S/C32H40N2O5Si/c1-6-38-30(36)29(34-33)27(35)17-19-32(5)20-18-28(25-21-37-22-26(25)32)39-40(31(2,3)4,23-13-9-7-10-14-23)24-15-11-8-12-16-24/h7-16,21-22,27-28,35H,6,17-20H2,1-5H3/p+1/b30-29+/t27?,28-,32+/m0/s1. The van der Waals surface area contributed by atoms with Crippen LogP contribution in [0.15, 0.2) is 89.2 Å². The van der Waals surface area contributed by atoms with Crippen LogP contribution in [0.1, 0.15) is 77.5 Å². The van der Waals surface area contributed by atoms with E-state index < -0.39 is 20.4 Å². The largest absolute Gasteiger partial charge is 0.475 e. The van der Waals surface area contributed by atoms with Crippen molar-refractivity contribution < 1.29 is 23.8 Å². The molecule has 3 aromatic rings. The minimum atomic E-state index is -2.77. The van der Waals surface area contributed by atoms with Gasteiger partial charge in [0.15, 0.2) is 11.1 Å². The van der Waals surface area contributed by atoms with Gasteiger partial charge in [0.05, 0.1) is 25.2 Å². The molecular formula is C32H41N2O5Si+. The lowest BCUT2D eigenvalue weighted by molar-refractivity contribution is 0.0842. The summed E-state index contributed by atoms with van der Waals surface area (Å²) < 4.78 is 18.3. The average molecular weight is 562 g/mol. The van der Waals surface area contributed by atoms with Crippen LogP contribution in [0.5, 0.6) is 0 Å². The van der Waals surface area contributed by atoms with Gasteiger partial charge in [0.25, 0.3) is 8.32 Å². The van der Waals surface area contributed by atoms with Crippen molar-refractivity contribution in [2.45, 2.75) is 83.0 Å². The lowest BCUT2D eigenvalue weighted by atomic mass is 9.69.